The van der Waals surface area contributed by atoms with Crippen LogP contribution in [0.15, 0.2) is 30.7 Å². The molecule has 8 nitrogen and oxygen atoms in total. The second kappa shape index (κ2) is 6.46. The van der Waals surface area contributed by atoms with Crippen LogP contribution in [0, 0.1) is 5.41 Å². The molecule has 25 heavy (non-hydrogen) atoms. The molecular weight excluding hydrogens is 318 g/mol. The molecule has 0 radical (unpaired) electrons. The van der Waals surface area contributed by atoms with Crippen LogP contribution >= 0.6 is 0 Å². The maximum absolute atomic E-state index is 12.4. The molecule has 0 saturated heterocycles. The lowest BCUT2D eigenvalue weighted by atomic mass is 10.1. The second-order valence-electron chi connectivity index (χ2n) is 5.96. The number of amides is 1. The summed E-state index contributed by atoms with van der Waals surface area (Å²) in [7, 11) is 5.34. The highest BCUT2D eigenvalue weighted by Crippen LogP contribution is 2.34. The Morgan fingerprint density at radius 1 is 1.36 bits per heavy atom. The molecule has 0 saturated carbocycles. The van der Waals surface area contributed by atoms with E-state index in [4.69, 9.17) is 5.41 Å². The van der Waals surface area contributed by atoms with Crippen LogP contribution in [-0.4, -0.2) is 53.9 Å². The molecule has 1 N–H and O–H groups in total. The van der Waals surface area contributed by atoms with E-state index < -0.39 is 0 Å². The number of amidine groups is 1. The number of rotatable bonds is 3. The molecule has 130 valence electrons. The first kappa shape index (κ1) is 16.8. The summed E-state index contributed by atoms with van der Waals surface area (Å²) < 4.78 is 0. The third-order valence-electron chi connectivity index (χ3n) is 4.47. The van der Waals surface area contributed by atoms with E-state index in [0.717, 1.165) is 0 Å². The van der Waals surface area contributed by atoms with Gasteiger partial charge in [0.2, 0.25) is 11.9 Å². The Balaban J connectivity index is 1.97. The lowest BCUT2D eigenvalue weighted by Crippen LogP contribution is -2.51. The van der Waals surface area contributed by atoms with Crippen LogP contribution in [0.5, 0.6) is 0 Å². The quantitative estimate of drug-likeness (QED) is 0.674. The summed E-state index contributed by atoms with van der Waals surface area (Å²) in [5.41, 5.74) is 1.35. The van der Waals surface area contributed by atoms with Crippen molar-refractivity contribution in [1.82, 2.24) is 15.0 Å². The first-order valence-electron chi connectivity index (χ1n) is 8.05. The molecule has 0 spiro atoms. The normalized spacial score (nSPS) is 16.6. The number of carbonyl (C=O) groups excluding carboxylic acids is 1. The number of nitrogens with zero attached hydrogens (tertiary/aromatic N) is 6. The van der Waals surface area contributed by atoms with Crippen LogP contribution in [0.1, 0.15) is 18.9 Å². The number of aromatic nitrogens is 3. The maximum atomic E-state index is 12.4. The Kier molecular flexibility index (Phi) is 4.35. The Labute approximate surface area is 146 Å². The van der Waals surface area contributed by atoms with Crippen LogP contribution in [0.3, 0.4) is 0 Å². The number of likely N-dealkylation sites (N-methyl/N-ethyl adjacent to an activating group) is 2. The van der Waals surface area contributed by atoms with Crippen LogP contribution < -0.4 is 14.7 Å². The Bertz CT molecular complexity index is 808. The van der Waals surface area contributed by atoms with Gasteiger partial charge in [0.25, 0.3) is 0 Å². The van der Waals surface area contributed by atoms with Gasteiger partial charge >= 0.3 is 0 Å². The molecule has 1 aliphatic rings. The summed E-state index contributed by atoms with van der Waals surface area (Å²) in [5.74, 6) is 1.37. The molecule has 8 heteroatoms. The summed E-state index contributed by atoms with van der Waals surface area (Å²) in [6.45, 7) is 1.98. The molecule has 2 aromatic heterocycles. The Hall–Kier alpha value is -3.03. The van der Waals surface area contributed by atoms with Crippen LogP contribution in [0.4, 0.5) is 17.5 Å². The summed E-state index contributed by atoms with van der Waals surface area (Å²) in [6.07, 6.45) is 5.62. The van der Waals surface area contributed by atoms with E-state index in [1.165, 1.54) is 0 Å². The topological polar surface area (TPSA) is 89.3 Å². The fourth-order valence-electron chi connectivity index (χ4n) is 2.92. The van der Waals surface area contributed by atoms with Crippen molar-refractivity contribution in [1.29, 1.82) is 5.41 Å². The molecule has 0 aliphatic carbocycles. The number of pyridine rings is 1. The van der Waals surface area contributed by atoms with Crippen molar-refractivity contribution in [2.45, 2.75) is 19.4 Å². The van der Waals surface area contributed by atoms with Crippen LogP contribution in [-0.2, 0) is 4.79 Å². The highest BCUT2D eigenvalue weighted by molar-refractivity contribution is 6.07. The first-order valence-corrected chi connectivity index (χ1v) is 8.05. The number of fused-ring (bicyclic) bond motifs is 1. The van der Waals surface area contributed by atoms with Crippen LogP contribution in [0.25, 0.3) is 0 Å². The van der Waals surface area contributed by atoms with Gasteiger partial charge in [-0.1, -0.05) is 6.92 Å². The summed E-state index contributed by atoms with van der Waals surface area (Å²) >= 11 is 0. The molecule has 2 aromatic rings. The second-order valence-corrected chi connectivity index (χ2v) is 5.96. The van der Waals surface area contributed by atoms with Crippen molar-refractivity contribution in [2.75, 3.05) is 35.8 Å². The number of anilines is 3. The smallest absolute Gasteiger partial charge is 0.249 e. The highest BCUT2D eigenvalue weighted by Gasteiger charge is 2.35. The molecule has 1 unspecified atom stereocenters. The fourth-order valence-corrected chi connectivity index (χ4v) is 2.92. The standard InChI is InChI=1S/C17H21N7O/c1-5-12-16(25)23(3)13-10-20-17(21-15(13)22(12)2)24(4)14(18)11-7-6-8-19-9-11/h6-10,12,18H,5H2,1-4H3. The third kappa shape index (κ3) is 2.79. The van der Waals surface area contributed by atoms with E-state index in [1.807, 2.05) is 24.9 Å². The van der Waals surface area contributed by atoms with Gasteiger partial charge < -0.3 is 9.80 Å². The Morgan fingerprint density at radius 2 is 2.12 bits per heavy atom. The van der Waals surface area contributed by atoms with Gasteiger partial charge in [-0.3, -0.25) is 20.1 Å². The Morgan fingerprint density at radius 3 is 2.76 bits per heavy atom. The van der Waals surface area contributed by atoms with Gasteiger partial charge in [-0.05, 0) is 18.6 Å². The molecule has 0 aromatic carbocycles. The van der Waals surface area contributed by atoms with Gasteiger partial charge in [-0.2, -0.15) is 4.98 Å². The van der Waals surface area contributed by atoms with E-state index in [0.29, 0.717) is 29.4 Å². The third-order valence-corrected chi connectivity index (χ3v) is 4.47. The fraction of sp³-hybridized carbons (Fsp3) is 0.353. The van der Waals surface area contributed by atoms with Crippen molar-refractivity contribution in [2.24, 2.45) is 0 Å². The SMILES string of the molecule is CCC1C(=O)N(C)c2cnc(N(C)C(=N)c3cccnc3)nc2N1C. The molecule has 3 heterocycles. The number of nitrogens with one attached hydrogen (secondary N) is 1. The lowest BCUT2D eigenvalue weighted by Gasteiger charge is -2.38. The summed E-state index contributed by atoms with van der Waals surface area (Å²) in [6, 6.07) is 3.35. The minimum atomic E-state index is -0.247. The minimum absolute atomic E-state index is 0.0327. The molecular formula is C17H21N7O. The first-order chi connectivity index (χ1) is 12.0. The van der Waals surface area contributed by atoms with Gasteiger partial charge in [0.1, 0.15) is 17.6 Å². The van der Waals surface area contributed by atoms with Crippen molar-refractivity contribution in [3.63, 3.8) is 0 Å². The van der Waals surface area contributed by atoms with E-state index in [9.17, 15) is 4.79 Å². The highest BCUT2D eigenvalue weighted by atomic mass is 16.2. The molecule has 0 fully saturated rings. The van der Waals surface area contributed by atoms with Gasteiger partial charge in [-0.15, -0.1) is 0 Å². The number of carbonyl (C=O) groups is 1. The molecule has 1 atom stereocenters. The van der Waals surface area contributed by atoms with Gasteiger partial charge in [-0.25, -0.2) is 4.98 Å². The monoisotopic (exact) mass is 339 g/mol. The predicted octanol–water partition coefficient (Wildman–Crippen LogP) is 1.52. The lowest BCUT2D eigenvalue weighted by molar-refractivity contribution is -0.119. The predicted molar refractivity (Wildman–Crippen MR) is 97.4 cm³/mol. The molecule has 1 amide bonds. The van der Waals surface area contributed by atoms with Crippen LogP contribution in [0.2, 0.25) is 0 Å². The maximum Gasteiger partial charge on any atom is 0.249 e. The zero-order valence-electron chi connectivity index (χ0n) is 14.8. The van der Waals surface area contributed by atoms with E-state index in [2.05, 4.69) is 15.0 Å². The largest absolute Gasteiger partial charge is 0.346 e. The van der Waals surface area contributed by atoms with Gasteiger partial charge in [0.15, 0.2) is 5.82 Å². The number of hydrogen-bond donors (Lipinski definition) is 1. The minimum Gasteiger partial charge on any atom is -0.346 e. The summed E-state index contributed by atoms with van der Waals surface area (Å²) in [4.78, 5) is 30.5. The van der Waals surface area contributed by atoms with Crippen molar-refractivity contribution >= 4 is 29.2 Å². The number of hydrogen-bond acceptors (Lipinski definition) is 6. The van der Waals surface area contributed by atoms with Crippen molar-refractivity contribution < 1.29 is 4.79 Å². The molecule has 3 rings (SSSR count). The molecule has 0 bridgehead atoms. The zero-order valence-corrected chi connectivity index (χ0v) is 14.8. The molecule has 1 aliphatic heterocycles. The van der Waals surface area contributed by atoms with E-state index >= 15 is 0 Å². The zero-order chi connectivity index (χ0) is 18.1. The average Bonchev–Trinajstić information content (AvgIpc) is 2.66. The van der Waals surface area contributed by atoms with Crippen molar-refractivity contribution in [3.8, 4) is 0 Å². The van der Waals surface area contributed by atoms with E-state index in [-0.39, 0.29) is 17.8 Å². The summed E-state index contributed by atoms with van der Waals surface area (Å²) in [5, 5.41) is 8.34. The average molecular weight is 339 g/mol. The van der Waals surface area contributed by atoms with Crippen molar-refractivity contribution in [3.05, 3.63) is 36.3 Å². The van der Waals surface area contributed by atoms with Gasteiger partial charge in [0, 0.05) is 39.1 Å². The van der Waals surface area contributed by atoms with Gasteiger partial charge in [0.05, 0.1) is 6.20 Å². The van der Waals surface area contributed by atoms with E-state index in [1.54, 1.807) is 48.6 Å².